The number of anilines is 2. The fourth-order valence-corrected chi connectivity index (χ4v) is 4.95. The van der Waals surface area contributed by atoms with E-state index in [4.69, 9.17) is 19.2 Å². The highest BCUT2D eigenvalue weighted by molar-refractivity contribution is 14.1. The lowest BCUT2D eigenvalue weighted by atomic mass is 9.93. The SMILES string of the molecule is CN(C)C(=O)COc1cnc(NC2CCC(Oc3nc(N4CCOCC4)cc4ncc(I)cc34)CC2)nc1. The Morgan fingerprint density at radius 3 is 2.55 bits per heavy atom. The quantitative estimate of drug-likeness (QED) is 0.371. The van der Waals surface area contributed by atoms with Gasteiger partial charge in [0.15, 0.2) is 12.4 Å². The topological polar surface area (TPSA) is 115 Å². The summed E-state index contributed by atoms with van der Waals surface area (Å²) in [5.74, 6) is 2.43. The van der Waals surface area contributed by atoms with Gasteiger partial charge in [0.25, 0.3) is 5.91 Å². The number of hydrogen-bond donors (Lipinski definition) is 1. The second kappa shape index (κ2) is 12.2. The minimum Gasteiger partial charge on any atom is -0.481 e. The van der Waals surface area contributed by atoms with Crippen LogP contribution in [0, 0.1) is 3.57 Å². The highest BCUT2D eigenvalue weighted by atomic mass is 127. The van der Waals surface area contributed by atoms with Gasteiger partial charge in [0.1, 0.15) is 11.9 Å². The number of pyridine rings is 2. The predicted molar refractivity (Wildman–Crippen MR) is 152 cm³/mol. The van der Waals surface area contributed by atoms with Crippen LogP contribution in [0.25, 0.3) is 10.9 Å². The minimum atomic E-state index is -0.117. The molecule has 202 valence electrons. The number of carbonyl (C=O) groups excluding carboxylic acids is 1. The number of fused-ring (bicyclic) bond motifs is 1. The Kier molecular flexibility index (Phi) is 8.57. The van der Waals surface area contributed by atoms with Gasteiger partial charge < -0.3 is 29.3 Å². The normalized spacial score (nSPS) is 19.7. The van der Waals surface area contributed by atoms with Crippen LogP contribution in [0.5, 0.6) is 11.6 Å². The Labute approximate surface area is 235 Å². The molecule has 0 radical (unpaired) electrons. The standard InChI is InChI=1S/C26H32IN7O4/c1-33(2)24(35)16-37-20-14-29-26(30-15-20)31-18-3-5-19(6-4-18)38-25-21-11-17(27)13-28-22(21)12-23(32-25)34-7-9-36-10-8-34/h11-15,18-19H,3-10,16H2,1-2H3,(H,29,30,31). The van der Waals surface area contributed by atoms with Crippen molar-refractivity contribution in [2.24, 2.45) is 0 Å². The van der Waals surface area contributed by atoms with Crippen LogP contribution >= 0.6 is 22.6 Å². The fraction of sp³-hybridized carbons (Fsp3) is 0.500. The fourth-order valence-electron chi connectivity index (χ4n) is 4.50. The van der Waals surface area contributed by atoms with Crippen molar-refractivity contribution in [1.29, 1.82) is 0 Å². The van der Waals surface area contributed by atoms with Crippen molar-refractivity contribution >= 4 is 51.2 Å². The Balaban J connectivity index is 1.18. The molecule has 12 heteroatoms. The van der Waals surface area contributed by atoms with Crippen molar-refractivity contribution in [3.8, 4) is 11.6 Å². The predicted octanol–water partition coefficient (Wildman–Crippen LogP) is 3.13. The molecule has 0 spiro atoms. The van der Waals surface area contributed by atoms with E-state index in [1.54, 1.807) is 26.5 Å². The number of morpholine rings is 1. The van der Waals surface area contributed by atoms with Gasteiger partial charge in [-0.1, -0.05) is 0 Å². The Bertz CT molecular complexity index is 1250. The van der Waals surface area contributed by atoms with Crippen molar-refractivity contribution in [2.45, 2.75) is 37.8 Å². The van der Waals surface area contributed by atoms with E-state index in [9.17, 15) is 4.79 Å². The third-order valence-electron chi connectivity index (χ3n) is 6.71. The molecule has 0 unspecified atom stereocenters. The smallest absolute Gasteiger partial charge is 0.259 e. The number of rotatable bonds is 8. The molecular weight excluding hydrogens is 601 g/mol. The second-order valence-electron chi connectivity index (χ2n) is 9.66. The summed E-state index contributed by atoms with van der Waals surface area (Å²) < 4.78 is 18.5. The summed E-state index contributed by atoms with van der Waals surface area (Å²) in [6, 6.07) is 4.38. The molecular formula is C26H32IN7O4. The zero-order chi connectivity index (χ0) is 26.5. The molecule has 1 N–H and O–H groups in total. The van der Waals surface area contributed by atoms with Crippen LogP contribution < -0.4 is 19.7 Å². The van der Waals surface area contributed by atoms with Gasteiger partial charge in [-0.15, -0.1) is 0 Å². The molecule has 3 aromatic heterocycles. The van der Waals surface area contributed by atoms with Gasteiger partial charge in [-0.25, -0.2) is 9.97 Å². The number of ether oxygens (including phenoxy) is 3. The van der Waals surface area contributed by atoms with Gasteiger partial charge in [0, 0.05) is 49.1 Å². The van der Waals surface area contributed by atoms with E-state index in [2.05, 4.69) is 53.8 Å². The van der Waals surface area contributed by atoms with E-state index in [0.29, 0.717) is 30.8 Å². The third-order valence-corrected chi connectivity index (χ3v) is 7.30. The van der Waals surface area contributed by atoms with E-state index in [1.807, 2.05) is 12.3 Å². The van der Waals surface area contributed by atoms with E-state index in [0.717, 1.165) is 59.1 Å². The van der Waals surface area contributed by atoms with Gasteiger partial charge in [0.2, 0.25) is 11.8 Å². The van der Waals surface area contributed by atoms with Crippen LogP contribution in [0.2, 0.25) is 0 Å². The molecule has 11 nitrogen and oxygen atoms in total. The van der Waals surface area contributed by atoms with Crippen LogP contribution in [-0.4, -0.2) is 89.9 Å². The molecule has 1 saturated carbocycles. The number of carbonyl (C=O) groups is 1. The summed E-state index contributed by atoms with van der Waals surface area (Å²) in [5, 5.41) is 4.35. The summed E-state index contributed by atoms with van der Waals surface area (Å²) in [7, 11) is 3.38. The first-order chi connectivity index (χ1) is 18.4. The first-order valence-electron chi connectivity index (χ1n) is 12.8. The number of amides is 1. The van der Waals surface area contributed by atoms with Crippen molar-refractivity contribution in [1.82, 2.24) is 24.8 Å². The molecule has 1 saturated heterocycles. The highest BCUT2D eigenvalue weighted by Crippen LogP contribution is 2.32. The number of aromatic nitrogens is 4. The summed E-state index contributed by atoms with van der Waals surface area (Å²) in [4.78, 5) is 33.6. The maximum Gasteiger partial charge on any atom is 0.259 e. The van der Waals surface area contributed by atoms with Crippen LogP contribution in [0.3, 0.4) is 0 Å². The maximum absolute atomic E-state index is 11.7. The van der Waals surface area contributed by atoms with Crippen LogP contribution in [0.15, 0.2) is 30.7 Å². The number of nitrogens with zero attached hydrogens (tertiary/aromatic N) is 6. The van der Waals surface area contributed by atoms with Crippen LogP contribution in [0.4, 0.5) is 11.8 Å². The van der Waals surface area contributed by atoms with Gasteiger partial charge in [-0.2, -0.15) is 4.98 Å². The Morgan fingerprint density at radius 1 is 1.11 bits per heavy atom. The molecule has 2 fully saturated rings. The summed E-state index contributed by atoms with van der Waals surface area (Å²) in [6.45, 7) is 2.97. The maximum atomic E-state index is 11.7. The lowest BCUT2D eigenvalue weighted by Gasteiger charge is -2.31. The lowest BCUT2D eigenvalue weighted by molar-refractivity contribution is -0.130. The highest BCUT2D eigenvalue weighted by Gasteiger charge is 2.25. The van der Waals surface area contributed by atoms with E-state index >= 15 is 0 Å². The minimum absolute atomic E-state index is 0.0398. The molecule has 3 aromatic rings. The van der Waals surface area contributed by atoms with Crippen molar-refractivity contribution in [3.05, 3.63) is 34.3 Å². The van der Waals surface area contributed by atoms with Crippen LogP contribution in [-0.2, 0) is 9.53 Å². The summed E-state index contributed by atoms with van der Waals surface area (Å²) in [5.41, 5.74) is 0.892. The number of hydrogen-bond acceptors (Lipinski definition) is 10. The Morgan fingerprint density at radius 2 is 1.84 bits per heavy atom. The molecule has 38 heavy (non-hydrogen) atoms. The number of halogens is 1. The van der Waals surface area contributed by atoms with E-state index < -0.39 is 0 Å². The molecule has 0 aromatic carbocycles. The summed E-state index contributed by atoms with van der Waals surface area (Å²) in [6.07, 6.45) is 8.77. The van der Waals surface area contributed by atoms with Crippen LogP contribution in [0.1, 0.15) is 25.7 Å². The van der Waals surface area contributed by atoms with Gasteiger partial charge >= 0.3 is 0 Å². The molecule has 1 aliphatic carbocycles. The molecule has 4 heterocycles. The van der Waals surface area contributed by atoms with E-state index in [1.165, 1.54) is 4.90 Å². The van der Waals surface area contributed by atoms with Gasteiger partial charge in [-0.05, 0) is 54.3 Å². The lowest BCUT2D eigenvalue weighted by Crippen LogP contribution is -2.37. The van der Waals surface area contributed by atoms with Gasteiger partial charge in [-0.3, -0.25) is 9.78 Å². The first-order valence-corrected chi connectivity index (χ1v) is 13.9. The zero-order valence-corrected chi connectivity index (χ0v) is 23.8. The van der Waals surface area contributed by atoms with Crippen molar-refractivity contribution < 1.29 is 19.0 Å². The largest absolute Gasteiger partial charge is 0.481 e. The second-order valence-corrected chi connectivity index (χ2v) is 10.9. The first kappa shape index (κ1) is 26.6. The molecule has 5 rings (SSSR count). The number of likely N-dealkylation sites (N-methyl/N-ethyl adjacent to an activating group) is 1. The Hall–Kier alpha value is -3.00. The monoisotopic (exact) mass is 633 g/mol. The van der Waals surface area contributed by atoms with E-state index in [-0.39, 0.29) is 24.7 Å². The summed E-state index contributed by atoms with van der Waals surface area (Å²) >= 11 is 2.27. The molecule has 1 amide bonds. The van der Waals surface area contributed by atoms with Crippen molar-refractivity contribution in [3.63, 3.8) is 0 Å². The van der Waals surface area contributed by atoms with Gasteiger partial charge in [0.05, 0.1) is 36.5 Å². The number of nitrogens with one attached hydrogen (secondary N) is 1. The third kappa shape index (κ3) is 6.70. The van der Waals surface area contributed by atoms with Crippen molar-refractivity contribution in [2.75, 3.05) is 57.2 Å². The molecule has 1 aliphatic heterocycles. The molecule has 2 aliphatic rings. The average Bonchev–Trinajstić information content (AvgIpc) is 2.94. The molecule has 0 bridgehead atoms. The average molecular weight is 633 g/mol. The molecule has 0 atom stereocenters. The zero-order valence-electron chi connectivity index (χ0n) is 21.6.